The van der Waals surface area contributed by atoms with E-state index in [2.05, 4.69) is 5.32 Å². The van der Waals surface area contributed by atoms with Crippen LogP contribution >= 0.6 is 11.6 Å². The van der Waals surface area contributed by atoms with Crippen molar-refractivity contribution < 1.29 is 18.7 Å². The molecule has 10 heteroatoms. The summed E-state index contributed by atoms with van der Waals surface area (Å²) in [7, 11) is 2.84. The number of hydrogen-bond acceptors (Lipinski definition) is 5. The molecular formula is C24H19ClFN3O5. The van der Waals surface area contributed by atoms with Crippen LogP contribution in [0.15, 0.2) is 70.3 Å². The lowest BCUT2D eigenvalue weighted by Crippen LogP contribution is -2.40. The molecule has 0 spiro atoms. The van der Waals surface area contributed by atoms with Gasteiger partial charge in [-0.1, -0.05) is 17.7 Å². The van der Waals surface area contributed by atoms with Crippen molar-refractivity contribution in [2.75, 3.05) is 19.5 Å². The Morgan fingerprint density at radius 3 is 2.32 bits per heavy atom. The number of nitrogens with zero attached hydrogens (tertiary/aromatic N) is 2. The quantitative estimate of drug-likeness (QED) is 0.452. The number of hydrogen-bond donors (Lipinski definition) is 1. The molecule has 0 unspecified atom stereocenters. The Bertz CT molecular complexity index is 1510. The van der Waals surface area contributed by atoms with Gasteiger partial charge in [-0.25, -0.2) is 13.8 Å². The number of aromatic nitrogens is 2. The number of anilines is 1. The first kappa shape index (κ1) is 23.1. The van der Waals surface area contributed by atoms with Crippen LogP contribution in [-0.2, 0) is 11.3 Å². The van der Waals surface area contributed by atoms with Gasteiger partial charge in [-0.3, -0.25) is 14.2 Å². The fourth-order valence-electron chi connectivity index (χ4n) is 3.57. The maximum absolute atomic E-state index is 13.5. The zero-order valence-corrected chi connectivity index (χ0v) is 18.9. The minimum absolute atomic E-state index is 0.131. The molecule has 1 amide bonds. The molecule has 1 aromatic heterocycles. The summed E-state index contributed by atoms with van der Waals surface area (Å²) < 4.78 is 25.9. The molecule has 1 N–H and O–H groups in total. The number of ether oxygens (including phenoxy) is 2. The van der Waals surface area contributed by atoms with Gasteiger partial charge < -0.3 is 14.8 Å². The van der Waals surface area contributed by atoms with Crippen molar-refractivity contribution in [3.05, 3.63) is 92.3 Å². The molecule has 0 bridgehead atoms. The van der Waals surface area contributed by atoms with E-state index in [0.29, 0.717) is 10.7 Å². The summed E-state index contributed by atoms with van der Waals surface area (Å²) in [5.74, 6) is -0.441. The molecule has 0 aliphatic carbocycles. The van der Waals surface area contributed by atoms with Gasteiger partial charge in [0.1, 0.15) is 12.4 Å². The second kappa shape index (κ2) is 9.40. The van der Waals surface area contributed by atoms with E-state index in [1.54, 1.807) is 18.2 Å². The molecule has 8 nitrogen and oxygen atoms in total. The average molecular weight is 484 g/mol. The molecule has 1 heterocycles. The van der Waals surface area contributed by atoms with E-state index in [-0.39, 0.29) is 28.1 Å². The normalized spacial score (nSPS) is 10.8. The van der Waals surface area contributed by atoms with Crippen LogP contribution in [0.5, 0.6) is 11.5 Å². The summed E-state index contributed by atoms with van der Waals surface area (Å²) in [5, 5.41) is 3.08. The minimum Gasteiger partial charge on any atom is -0.493 e. The van der Waals surface area contributed by atoms with Gasteiger partial charge in [0.25, 0.3) is 5.56 Å². The second-order valence-corrected chi connectivity index (χ2v) is 7.70. The van der Waals surface area contributed by atoms with Gasteiger partial charge in [0.2, 0.25) is 5.91 Å². The van der Waals surface area contributed by atoms with Crippen molar-refractivity contribution in [1.82, 2.24) is 9.13 Å². The molecule has 0 aliphatic rings. The van der Waals surface area contributed by atoms with E-state index in [1.165, 1.54) is 56.7 Å². The van der Waals surface area contributed by atoms with Crippen LogP contribution in [0.25, 0.3) is 16.6 Å². The monoisotopic (exact) mass is 483 g/mol. The Balaban J connectivity index is 1.92. The van der Waals surface area contributed by atoms with Gasteiger partial charge in [0.05, 0.1) is 30.8 Å². The fraction of sp³-hybridized carbons (Fsp3) is 0.125. The zero-order chi connectivity index (χ0) is 24.4. The highest BCUT2D eigenvalue weighted by Crippen LogP contribution is 2.30. The number of benzene rings is 3. The molecule has 0 saturated heterocycles. The summed E-state index contributed by atoms with van der Waals surface area (Å²) in [4.78, 5) is 39.6. The summed E-state index contributed by atoms with van der Waals surface area (Å²) in [5.41, 5.74) is -0.585. The third-order valence-electron chi connectivity index (χ3n) is 5.14. The van der Waals surface area contributed by atoms with Crippen LogP contribution in [0.4, 0.5) is 10.1 Å². The maximum Gasteiger partial charge on any atom is 0.336 e. The Morgan fingerprint density at radius 1 is 1.00 bits per heavy atom. The third kappa shape index (κ3) is 4.38. The van der Waals surface area contributed by atoms with Gasteiger partial charge in [0, 0.05) is 16.8 Å². The van der Waals surface area contributed by atoms with Crippen molar-refractivity contribution in [1.29, 1.82) is 0 Å². The lowest BCUT2D eigenvalue weighted by molar-refractivity contribution is -0.116. The first-order valence-corrected chi connectivity index (χ1v) is 10.4. The third-order valence-corrected chi connectivity index (χ3v) is 5.38. The number of amides is 1. The highest BCUT2D eigenvalue weighted by molar-refractivity contribution is 6.30. The SMILES string of the molecule is COc1cc2c(=O)n(-c3cccc(Cl)c3)c(=O)n(CC(=O)Nc3ccc(F)cc3)c2cc1OC. The molecule has 0 radical (unpaired) electrons. The Labute approximate surface area is 197 Å². The van der Waals surface area contributed by atoms with Crippen molar-refractivity contribution in [2.24, 2.45) is 0 Å². The second-order valence-electron chi connectivity index (χ2n) is 7.27. The van der Waals surface area contributed by atoms with Crippen LogP contribution in [-0.4, -0.2) is 29.3 Å². The van der Waals surface area contributed by atoms with E-state index in [9.17, 15) is 18.8 Å². The molecule has 0 fully saturated rings. The van der Waals surface area contributed by atoms with Gasteiger partial charge in [-0.15, -0.1) is 0 Å². The van der Waals surface area contributed by atoms with E-state index >= 15 is 0 Å². The van der Waals surface area contributed by atoms with Crippen molar-refractivity contribution in [3.63, 3.8) is 0 Å². The molecule has 3 aromatic carbocycles. The largest absolute Gasteiger partial charge is 0.493 e. The molecule has 174 valence electrons. The number of rotatable bonds is 6. The average Bonchev–Trinajstić information content (AvgIpc) is 2.82. The maximum atomic E-state index is 13.5. The highest BCUT2D eigenvalue weighted by atomic mass is 35.5. The van der Waals surface area contributed by atoms with Gasteiger partial charge in [-0.2, -0.15) is 0 Å². The standard InChI is InChI=1S/C24H19ClFN3O5/c1-33-20-11-18-19(12-21(20)34-2)28(13-22(30)27-16-8-6-15(26)7-9-16)24(32)29(23(18)31)17-5-3-4-14(25)10-17/h3-12H,13H2,1-2H3,(H,27,30). The van der Waals surface area contributed by atoms with Gasteiger partial charge >= 0.3 is 5.69 Å². The lowest BCUT2D eigenvalue weighted by atomic mass is 10.2. The number of fused-ring (bicyclic) bond motifs is 1. The van der Waals surface area contributed by atoms with Crippen LogP contribution < -0.4 is 26.0 Å². The molecular weight excluding hydrogens is 465 g/mol. The lowest BCUT2D eigenvalue weighted by Gasteiger charge is -2.16. The molecule has 0 saturated carbocycles. The van der Waals surface area contributed by atoms with Crippen LogP contribution in [0, 0.1) is 5.82 Å². The van der Waals surface area contributed by atoms with Crippen molar-refractivity contribution >= 4 is 34.1 Å². The fourth-order valence-corrected chi connectivity index (χ4v) is 3.75. The van der Waals surface area contributed by atoms with Gasteiger partial charge in [0.15, 0.2) is 11.5 Å². The number of methoxy groups -OCH3 is 2. The first-order valence-electron chi connectivity index (χ1n) is 10.1. The Morgan fingerprint density at radius 2 is 1.68 bits per heavy atom. The minimum atomic E-state index is -0.749. The van der Waals surface area contributed by atoms with E-state index < -0.39 is 29.5 Å². The van der Waals surface area contributed by atoms with Crippen LogP contribution in [0.1, 0.15) is 0 Å². The number of halogens is 2. The molecule has 0 atom stereocenters. The molecule has 4 rings (SSSR count). The highest BCUT2D eigenvalue weighted by Gasteiger charge is 2.20. The predicted octanol–water partition coefficient (Wildman–Crippen LogP) is 3.60. The smallest absolute Gasteiger partial charge is 0.336 e. The molecule has 0 aliphatic heterocycles. The van der Waals surface area contributed by atoms with E-state index in [4.69, 9.17) is 21.1 Å². The van der Waals surface area contributed by atoms with E-state index in [1.807, 2.05) is 0 Å². The number of nitrogens with one attached hydrogen (secondary N) is 1. The van der Waals surface area contributed by atoms with Gasteiger partial charge in [-0.05, 0) is 48.5 Å². The Kier molecular flexibility index (Phi) is 6.38. The predicted molar refractivity (Wildman–Crippen MR) is 127 cm³/mol. The molecule has 34 heavy (non-hydrogen) atoms. The number of carbonyl (C=O) groups excluding carboxylic acids is 1. The van der Waals surface area contributed by atoms with Crippen molar-refractivity contribution in [3.8, 4) is 17.2 Å². The topological polar surface area (TPSA) is 91.6 Å². The first-order chi connectivity index (χ1) is 16.3. The zero-order valence-electron chi connectivity index (χ0n) is 18.2. The molecule has 4 aromatic rings. The van der Waals surface area contributed by atoms with E-state index in [0.717, 1.165) is 9.13 Å². The Hall–Kier alpha value is -4.11. The van der Waals surface area contributed by atoms with Crippen molar-refractivity contribution in [2.45, 2.75) is 6.54 Å². The number of carbonyl (C=O) groups is 1. The summed E-state index contributed by atoms with van der Waals surface area (Å²) in [6.07, 6.45) is 0. The van der Waals surface area contributed by atoms with Crippen LogP contribution in [0.2, 0.25) is 5.02 Å². The van der Waals surface area contributed by atoms with Crippen LogP contribution in [0.3, 0.4) is 0 Å². The summed E-state index contributed by atoms with van der Waals surface area (Å²) >= 11 is 6.08. The summed E-state index contributed by atoms with van der Waals surface area (Å²) in [6, 6.07) is 14.4. The summed E-state index contributed by atoms with van der Waals surface area (Å²) in [6.45, 7) is -0.428.